The predicted octanol–water partition coefficient (Wildman–Crippen LogP) is 3.55. The Hall–Kier alpha value is -1.91. The fourth-order valence-electron chi connectivity index (χ4n) is 4.24. The van der Waals surface area contributed by atoms with Crippen LogP contribution in [0.3, 0.4) is 0 Å². The van der Waals surface area contributed by atoms with Crippen LogP contribution in [0.1, 0.15) is 25.0 Å². The third-order valence-corrected chi connectivity index (χ3v) is 5.48. The first-order valence-corrected chi connectivity index (χ1v) is 8.48. The lowest BCUT2D eigenvalue weighted by Crippen LogP contribution is -2.35. The zero-order chi connectivity index (χ0) is 15.3. The van der Waals surface area contributed by atoms with Gasteiger partial charge in [0.2, 0.25) is 0 Å². The van der Waals surface area contributed by atoms with Crippen molar-refractivity contribution in [2.24, 2.45) is 0 Å². The fourth-order valence-corrected chi connectivity index (χ4v) is 4.24. The van der Waals surface area contributed by atoms with E-state index in [4.69, 9.17) is 5.10 Å². The van der Waals surface area contributed by atoms with Gasteiger partial charge in [-0.05, 0) is 44.0 Å². The quantitative estimate of drug-likeness (QED) is 0.736. The summed E-state index contributed by atoms with van der Waals surface area (Å²) in [5.74, 6) is 0. The standard InChI is InChI=1S/C19H20N4.ClH/c1-2-5-16-14(4-1)10-15(12-21-16)17-11-18-19(7-8-20-13-19)6-3-9-23(18)22-17;/h1-2,4-5,10-12,20H,3,6-9,13H2;1H. The maximum absolute atomic E-state index is 4.90. The van der Waals surface area contributed by atoms with Gasteiger partial charge in [0.05, 0.1) is 11.2 Å². The highest BCUT2D eigenvalue weighted by atomic mass is 35.5. The highest BCUT2D eigenvalue weighted by Gasteiger charge is 2.40. The molecule has 0 amide bonds. The van der Waals surface area contributed by atoms with E-state index in [0.29, 0.717) is 5.41 Å². The van der Waals surface area contributed by atoms with Crippen LogP contribution in [0.15, 0.2) is 42.6 Å². The van der Waals surface area contributed by atoms with Crippen LogP contribution < -0.4 is 5.32 Å². The van der Waals surface area contributed by atoms with Crippen molar-refractivity contribution in [1.29, 1.82) is 0 Å². The summed E-state index contributed by atoms with van der Waals surface area (Å²) in [4.78, 5) is 4.59. The molecule has 124 valence electrons. The first-order chi connectivity index (χ1) is 11.3. The number of benzene rings is 1. The first-order valence-electron chi connectivity index (χ1n) is 8.48. The molecule has 0 saturated carbocycles. The number of aromatic nitrogens is 3. The molecule has 4 nitrogen and oxygen atoms in total. The monoisotopic (exact) mass is 340 g/mol. The van der Waals surface area contributed by atoms with Crippen LogP contribution in [0.25, 0.3) is 22.2 Å². The number of pyridine rings is 1. The van der Waals surface area contributed by atoms with Crippen LogP contribution in [-0.4, -0.2) is 27.9 Å². The SMILES string of the molecule is Cl.c1ccc2ncc(-c3cc4n(n3)CCCC43CCNC3)cc2c1. The molecule has 0 aliphatic carbocycles. The summed E-state index contributed by atoms with van der Waals surface area (Å²) in [6.07, 6.45) is 5.69. The lowest BCUT2D eigenvalue weighted by atomic mass is 9.77. The molecule has 5 rings (SSSR count). The second-order valence-corrected chi connectivity index (χ2v) is 6.87. The Bertz CT molecular complexity index is 880. The van der Waals surface area contributed by atoms with Gasteiger partial charge >= 0.3 is 0 Å². The molecule has 5 heteroatoms. The van der Waals surface area contributed by atoms with E-state index in [2.05, 4.69) is 45.3 Å². The third kappa shape index (κ3) is 2.33. The number of halogens is 1. The maximum Gasteiger partial charge on any atom is 0.0941 e. The highest BCUT2D eigenvalue weighted by Crippen LogP contribution is 2.40. The van der Waals surface area contributed by atoms with Crippen molar-refractivity contribution in [3.05, 3.63) is 48.3 Å². The number of fused-ring (bicyclic) bond motifs is 3. The van der Waals surface area contributed by atoms with Crippen molar-refractivity contribution >= 4 is 23.3 Å². The molecule has 0 radical (unpaired) electrons. The van der Waals surface area contributed by atoms with Crippen LogP contribution in [0.2, 0.25) is 0 Å². The van der Waals surface area contributed by atoms with Gasteiger partial charge in [0.1, 0.15) is 0 Å². The van der Waals surface area contributed by atoms with Crippen molar-refractivity contribution < 1.29 is 0 Å². The molecule has 1 atom stereocenters. The minimum atomic E-state index is 0. The van der Waals surface area contributed by atoms with E-state index < -0.39 is 0 Å². The summed E-state index contributed by atoms with van der Waals surface area (Å²) >= 11 is 0. The number of aryl methyl sites for hydroxylation is 1. The normalized spacial score (nSPS) is 22.5. The molecule has 4 heterocycles. The highest BCUT2D eigenvalue weighted by molar-refractivity contribution is 5.85. The van der Waals surface area contributed by atoms with Gasteiger partial charge in [0.15, 0.2) is 0 Å². The van der Waals surface area contributed by atoms with Crippen molar-refractivity contribution in [2.75, 3.05) is 13.1 Å². The Morgan fingerprint density at radius 1 is 1.12 bits per heavy atom. The number of hydrogen-bond donors (Lipinski definition) is 1. The maximum atomic E-state index is 4.90. The van der Waals surface area contributed by atoms with Crippen LogP contribution in [0.4, 0.5) is 0 Å². The van der Waals surface area contributed by atoms with Gasteiger partial charge in [0.25, 0.3) is 0 Å². The molecular formula is C19H21ClN4. The molecule has 1 saturated heterocycles. The van der Waals surface area contributed by atoms with E-state index in [9.17, 15) is 0 Å². The predicted molar refractivity (Wildman–Crippen MR) is 98.6 cm³/mol. The van der Waals surface area contributed by atoms with E-state index in [0.717, 1.165) is 36.4 Å². The van der Waals surface area contributed by atoms with E-state index >= 15 is 0 Å². The molecule has 1 N–H and O–H groups in total. The molecule has 24 heavy (non-hydrogen) atoms. The Labute approximate surface area is 147 Å². The number of nitrogens with one attached hydrogen (secondary N) is 1. The molecule has 1 unspecified atom stereocenters. The van der Waals surface area contributed by atoms with Crippen LogP contribution in [0, 0.1) is 0 Å². The minimum Gasteiger partial charge on any atom is -0.316 e. The van der Waals surface area contributed by atoms with Gasteiger partial charge in [0, 0.05) is 41.3 Å². The Morgan fingerprint density at radius 2 is 2.04 bits per heavy atom. The van der Waals surface area contributed by atoms with E-state index in [-0.39, 0.29) is 12.4 Å². The smallest absolute Gasteiger partial charge is 0.0941 e. The number of para-hydroxylation sites is 1. The van der Waals surface area contributed by atoms with Gasteiger partial charge in [-0.1, -0.05) is 18.2 Å². The Kier molecular flexibility index (Phi) is 3.82. The largest absolute Gasteiger partial charge is 0.316 e. The van der Waals surface area contributed by atoms with Crippen LogP contribution in [0.5, 0.6) is 0 Å². The third-order valence-electron chi connectivity index (χ3n) is 5.48. The summed E-state index contributed by atoms with van der Waals surface area (Å²) < 4.78 is 2.24. The lowest BCUT2D eigenvalue weighted by molar-refractivity contribution is 0.319. The van der Waals surface area contributed by atoms with E-state index in [1.54, 1.807) is 0 Å². The van der Waals surface area contributed by atoms with Gasteiger partial charge in [-0.2, -0.15) is 5.10 Å². The minimum absolute atomic E-state index is 0. The zero-order valence-electron chi connectivity index (χ0n) is 13.5. The van der Waals surface area contributed by atoms with Gasteiger partial charge in [-0.25, -0.2) is 0 Å². The Balaban J connectivity index is 0.00000146. The lowest BCUT2D eigenvalue weighted by Gasteiger charge is -2.33. The molecule has 0 bridgehead atoms. The van der Waals surface area contributed by atoms with Crippen molar-refractivity contribution in [2.45, 2.75) is 31.2 Å². The van der Waals surface area contributed by atoms with Crippen molar-refractivity contribution in [1.82, 2.24) is 20.1 Å². The summed E-state index contributed by atoms with van der Waals surface area (Å²) in [5, 5.41) is 9.61. The molecule has 2 aliphatic rings. The number of nitrogens with zero attached hydrogens (tertiary/aromatic N) is 3. The summed E-state index contributed by atoms with van der Waals surface area (Å²) in [6.45, 7) is 3.25. The summed E-state index contributed by atoms with van der Waals surface area (Å²) in [5.41, 5.74) is 4.93. The Morgan fingerprint density at radius 3 is 2.92 bits per heavy atom. The van der Waals surface area contributed by atoms with Gasteiger partial charge in [-0.3, -0.25) is 9.67 Å². The molecule has 1 spiro atoms. The van der Waals surface area contributed by atoms with Gasteiger partial charge < -0.3 is 5.32 Å². The van der Waals surface area contributed by atoms with E-state index in [1.165, 1.54) is 30.3 Å². The summed E-state index contributed by atoms with van der Waals surface area (Å²) in [7, 11) is 0. The van der Waals surface area contributed by atoms with E-state index in [1.807, 2.05) is 12.3 Å². The second kappa shape index (κ2) is 5.87. The molecular weight excluding hydrogens is 320 g/mol. The summed E-state index contributed by atoms with van der Waals surface area (Å²) in [6, 6.07) is 12.8. The molecule has 1 aromatic carbocycles. The van der Waals surface area contributed by atoms with Crippen molar-refractivity contribution in [3.63, 3.8) is 0 Å². The fraction of sp³-hybridized carbons (Fsp3) is 0.368. The first kappa shape index (κ1) is 15.6. The zero-order valence-corrected chi connectivity index (χ0v) is 14.4. The number of rotatable bonds is 1. The molecule has 2 aromatic heterocycles. The number of hydrogen-bond acceptors (Lipinski definition) is 3. The molecule has 2 aliphatic heterocycles. The average Bonchev–Trinajstić information content (AvgIpc) is 3.23. The van der Waals surface area contributed by atoms with Crippen LogP contribution >= 0.6 is 12.4 Å². The molecule has 3 aromatic rings. The van der Waals surface area contributed by atoms with Gasteiger partial charge in [-0.15, -0.1) is 12.4 Å². The average molecular weight is 341 g/mol. The topological polar surface area (TPSA) is 42.7 Å². The van der Waals surface area contributed by atoms with Crippen LogP contribution in [-0.2, 0) is 12.0 Å². The van der Waals surface area contributed by atoms with Crippen molar-refractivity contribution in [3.8, 4) is 11.3 Å². The molecule has 1 fully saturated rings. The second-order valence-electron chi connectivity index (χ2n) is 6.87.